The van der Waals surface area contributed by atoms with Gasteiger partial charge >= 0.3 is 0 Å². The lowest BCUT2D eigenvalue weighted by Gasteiger charge is -2.01. The van der Waals surface area contributed by atoms with E-state index in [1.165, 1.54) is 0 Å². The zero-order valence-corrected chi connectivity index (χ0v) is 11.5. The molecule has 4 heteroatoms. The Balaban J connectivity index is 1.64. The number of ether oxygens (including phenoxy) is 1. The van der Waals surface area contributed by atoms with E-state index in [1.807, 2.05) is 24.3 Å². The van der Waals surface area contributed by atoms with Crippen molar-refractivity contribution in [1.82, 2.24) is 5.32 Å². The molecule has 1 saturated carbocycles. The minimum absolute atomic E-state index is 0.122. The van der Waals surface area contributed by atoms with Gasteiger partial charge in [-0.2, -0.15) is 0 Å². The van der Waals surface area contributed by atoms with Crippen molar-refractivity contribution in [2.45, 2.75) is 12.8 Å². The van der Waals surface area contributed by atoms with Crippen molar-refractivity contribution in [2.24, 2.45) is 5.92 Å². The maximum absolute atomic E-state index is 11.3. The van der Waals surface area contributed by atoms with Gasteiger partial charge in [-0.1, -0.05) is 33.8 Å². The van der Waals surface area contributed by atoms with E-state index in [-0.39, 0.29) is 11.8 Å². The zero-order chi connectivity index (χ0) is 12.8. The van der Waals surface area contributed by atoms with Gasteiger partial charge in [0, 0.05) is 10.4 Å². The Morgan fingerprint density at radius 1 is 1.44 bits per heavy atom. The molecule has 0 unspecified atom stereocenters. The van der Waals surface area contributed by atoms with Gasteiger partial charge < -0.3 is 10.1 Å². The molecule has 1 amide bonds. The average Bonchev–Trinajstić information content (AvgIpc) is 3.17. The first-order valence-electron chi connectivity index (χ1n) is 5.87. The predicted molar refractivity (Wildman–Crippen MR) is 73.1 cm³/mol. The minimum Gasteiger partial charge on any atom is -0.481 e. The van der Waals surface area contributed by atoms with Crippen LogP contribution in [0.25, 0.3) is 0 Å². The smallest absolute Gasteiger partial charge is 0.223 e. The quantitative estimate of drug-likeness (QED) is 0.867. The molecule has 1 aliphatic carbocycles. The molecule has 94 valence electrons. The van der Waals surface area contributed by atoms with Crippen LogP contribution in [0.4, 0.5) is 0 Å². The molecular weight excluding hydrogens is 294 g/mol. The summed E-state index contributed by atoms with van der Waals surface area (Å²) in [6.07, 6.45) is 2.04. The van der Waals surface area contributed by atoms with Gasteiger partial charge in [0.2, 0.25) is 5.91 Å². The van der Waals surface area contributed by atoms with Crippen molar-refractivity contribution in [3.63, 3.8) is 0 Å². The first-order chi connectivity index (χ1) is 8.75. The lowest BCUT2D eigenvalue weighted by molar-refractivity contribution is -0.122. The zero-order valence-electron chi connectivity index (χ0n) is 9.91. The third-order valence-corrected chi connectivity index (χ3v) is 3.02. The molecule has 1 aliphatic rings. The number of hydrogen-bond acceptors (Lipinski definition) is 2. The summed E-state index contributed by atoms with van der Waals surface area (Å²) < 4.78 is 6.41. The fourth-order valence-electron chi connectivity index (χ4n) is 1.41. The number of carbonyl (C=O) groups is 1. The van der Waals surface area contributed by atoms with Crippen LogP contribution in [0, 0.1) is 17.8 Å². The molecule has 2 rings (SSSR count). The van der Waals surface area contributed by atoms with Crippen molar-refractivity contribution < 1.29 is 9.53 Å². The maximum atomic E-state index is 11.3. The van der Waals surface area contributed by atoms with E-state index >= 15 is 0 Å². The normalized spacial score (nSPS) is 13.4. The van der Waals surface area contributed by atoms with Gasteiger partial charge in [-0.3, -0.25) is 4.79 Å². The molecule has 1 N–H and O–H groups in total. The minimum atomic E-state index is 0.122. The van der Waals surface area contributed by atoms with Crippen LogP contribution in [-0.4, -0.2) is 19.1 Å². The van der Waals surface area contributed by atoms with Crippen molar-refractivity contribution in [3.8, 4) is 17.6 Å². The first-order valence-corrected chi connectivity index (χ1v) is 6.67. The number of rotatable bonds is 4. The van der Waals surface area contributed by atoms with E-state index in [0.29, 0.717) is 13.2 Å². The molecule has 18 heavy (non-hydrogen) atoms. The number of halogens is 1. The SMILES string of the molecule is O=C(NCC#CCOc1cccc(Br)c1)C1CC1. The van der Waals surface area contributed by atoms with Crippen molar-refractivity contribution in [2.75, 3.05) is 13.2 Å². The molecule has 0 atom stereocenters. The second-order valence-corrected chi connectivity index (χ2v) is 5.01. The van der Waals surface area contributed by atoms with E-state index in [1.54, 1.807) is 0 Å². The highest BCUT2D eigenvalue weighted by atomic mass is 79.9. The number of benzene rings is 1. The molecule has 0 aliphatic heterocycles. The van der Waals surface area contributed by atoms with Crippen LogP contribution < -0.4 is 10.1 Å². The Morgan fingerprint density at radius 2 is 2.28 bits per heavy atom. The summed E-state index contributed by atoms with van der Waals surface area (Å²) in [5, 5.41) is 2.78. The van der Waals surface area contributed by atoms with Crippen LogP contribution in [0.15, 0.2) is 28.7 Å². The number of amides is 1. The van der Waals surface area contributed by atoms with Gasteiger partial charge in [-0.25, -0.2) is 0 Å². The molecule has 3 nitrogen and oxygen atoms in total. The highest BCUT2D eigenvalue weighted by Gasteiger charge is 2.28. The van der Waals surface area contributed by atoms with Gasteiger partial charge in [0.15, 0.2) is 0 Å². The Morgan fingerprint density at radius 3 is 3.00 bits per heavy atom. The molecule has 1 fully saturated rings. The fourth-order valence-corrected chi connectivity index (χ4v) is 1.79. The topological polar surface area (TPSA) is 38.3 Å². The van der Waals surface area contributed by atoms with Crippen LogP contribution >= 0.6 is 15.9 Å². The Kier molecular flexibility index (Phi) is 4.66. The molecule has 0 aromatic heterocycles. The highest BCUT2D eigenvalue weighted by molar-refractivity contribution is 9.10. The summed E-state index contributed by atoms with van der Waals surface area (Å²) in [5.74, 6) is 6.87. The molecule has 0 spiro atoms. The molecule has 0 bridgehead atoms. The second-order valence-electron chi connectivity index (χ2n) is 4.09. The van der Waals surface area contributed by atoms with Gasteiger partial charge in [0.1, 0.15) is 12.4 Å². The Bertz CT molecular complexity index is 486. The maximum Gasteiger partial charge on any atom is 0.223 e. The summed E-state index contributed by atoms with van der Waals surface area (Å²) in [6, 6.07) is 7.60. The van der Waals surface area contributed by atoms with E-state index < -0.39 is 0 Å². The van der Waals surface area contributed by atoms with Crippen LogP contribution in [0.3, 0.4) is 0 Å². The summed E-state index contributed by atoms with van der Waals surface area (Å²) in [4.78, 5) is 11.3. The monoisotopic (exact) mass is 307 g/mol. The molecule has 0 heterocycles. The van der Waals surface area contributed by atoms with E-state index in [9.17, 15) is 4.79 Å². The number of nitrogens with one attached hydrogen (secondary N) is 1. The summed E-state index contributed by atoms with van der Waals surface area (Å²) >= 11 is 3.37. The van der Waals surface area contributed by atoms with Crippen LogP contribution in [0.5, 0.6) is 5.75 Å². The second kappa shape index (κ2) is 6.46. The third kappa shape index (κ3) is 4.42. The average molecular weight is 308 g/mol. The standard InChI is InChI=1S/C14H14BrNO2/c15-12-4-3-5-13(10-12)18-9-2-1-8-16-14(17)11-6-7-11/h3-5,10-11H,6-9H2,(H,16,17). The van der Waals surface area contributed by atoms with Crippen molar-refractivity contribution in [1.29, 1.82) is 0 Å². The number of carbonyl (C=O) groups excluding carboxylic acids is 1. The van der Waals surface area contributed by atoms with Crippen molar-refractivity contribution in [3.05, 3.63) is 28.7 Å². The van der Waals surface area contributed by atoms with Crippen LogP contribution in [0.1, 0.15) is 12.8 Å². The van der Waals surface area contributed by atoms with Crippen molar-refractivity contribution >= 4 is 21.8 Å². The molecule has 1 aromatic rings. The summed E-state index contributed by atoms with van der Waals surface area (Å²) in [6.45, 7) is 0.729. The largest absolute Gasteiger partial charge is 0.481 e. The Hall–Kier alpha value is -1.47. The third-order valence-electron chi connectivity index (χ3n) is 2.53. The highest BCUT2D eigenvalue weighted by Crippen LogP contribution is 2.28. The lowest BCUT2D eigenvalue weighted by Crippen LogP contribution is -2.24. The van der Waals surface area contributed by atoms with E-state index in [2.05, 4.69) is 33.1 Å². The fraction of sp³-hybridized carbons (Fsp3) is 0.357. The molecule has 0 radical (unpaired) electrons. The number of hydrogen-bond donors (Lipinski definition) is 1. The van der Waals surface area contributed by atoms with Gasteiger partial charge in [0.05, 0.1) is 6.54 Å². The summed E-state index contributed by atoms with van der Waals surface area (Å²) in [7, 11) is 0. The van der Waals surface area contributed by atoms with Crippen LogP contribution in [0.2, 0.25) is 0 Å². The molecule has 1 aromatic carbocycles. The molecular formula is C14H14BrNO2. The van der Waals surface area contributed by atoms with Gasteiger partial charge in [-0.05, 0) is 31.0 Å². The lowest BCUT2D eigenvalue weighted by atomic mass is 10.3. The van der Waals surface area contributed by atoms with E-state index in [0.717, 1.165) is 23.1 Å². The van der Waals surface area contributed by atoms with Crippen LogP contribution in [-0.2, 0) is 4.79 Å². The first kappa shape index (κ1) is 13.0. The summed E-state index contributed by atoms with van der Waals surface area (Å²) in [5.41, 5.74) is 0. The predicted octanol–water partition coefficient (Wildman–Crippen LogP) is 2.36. The van der Waals surface area contributed by atoms with E-state index in [4.69, 9.17) is 4.74 Å². The Labute approximate surface area is 115 Å². The molecule has 0 saturated heterocycles. The van der Waals surface area contributed by atoms with Gasteiger partial charge in [0.25, 0.3) is 0 Å². The van der Waals surface area contributed by atoms with Gasteiger partial charge in [-0.15, -0.1) is 0 Å².